The van der Waals surface area contributed by atoms with Crippen LogP contribution in [0.1, 0.15) is 0 Å². The van der Waals surface area contributed by atoms with Crippen molar-refractivity contribution in [3.8, 4) is 0 Å². The van der Waals surface area contributed by atoms with Crippen LogP contribution in [0, 0.1) is 0 Å². The summed E-state index contributed by atoms with van der Waals surface area (Å²) >= 11 is 5.98. The Morgan fingerprint density at radius 3 is 2.11 bits per heavy atom. The number of halogens is 1. The fourth-order valence-electron chi connectivity index (χ4n) is 2.23. The van der Waals surface area contributed by atoms with Crippen LogP contribution in [0.2, 0.25) is 5.02 Å². The molecule has 0 saturated heterocycles. The van der Waals surface area contributed by atoms with Crippen molar-refractivity contribution in [3.63, 3.8) is 0 Å². The van der Waals surface area contributed by atoms with E-state index in [1.165, 1.54) is 29.2 Å². The Bertz CT molecular complexity index is 932. The van der Waals surface area contributed by atoms with Gasteiger partial charge in [0.1, 0.15) is 0 Å². The molecule has 0 unspecified atom stereocenters. The van der Waals surface area contributed by atoms with Crippen molar-refractivity contribution in [3.05, 3.63) is 53.6 Å². The van der Waals surface area contributed by atoms with Crippen LogP contribution in [-0.2, 0) is 19.6 Å². The lowest BCUT2D eigenvalue weighted by molar-refractivity contribution is -0.119. The summed E-state index contributed by atoms with van der Waals surface area (Å²) in [6.45, 7) is -0.0458. The number of primary sulfonamides is 1. The monoisotopic (exact) mass is 410 g/mol. The Labute approximate surface area is 162 Å². The first-order valence-corrected chi connectivity index (χ1v) is 9.73. The number of hydrogen-bond donors (Lipinski definition) is 3. The molecule has 0 bridgehead atoms. The third kappa shape index (κ3) is 6.65. The number of nitrogens with two attached hydrogens (primary N) is 1. The Morgan fingerprint density at radius 2 is 1.56 bits per heavy atom. The molecule has 10 heteroatoms. The molecule has 0 radical (unpaired) electrons. The Morgan fingerprint density at radius 1 is 1.00 bits per heavy atom. The Kier molecular flexibility index (Phi) is 6.92. The third-order valence-corrected chi connectivity index (χ3v) is 4.70. The van der Waals surface area contributed by atoms with Gasteiger partial charge in [-0.3, -0.25) is 14.5 Å². The number of amides is 2. The van der Waals surface area contributed by atoms with Gasteiger partial charge < -0.3 is 10.6 Å². The van der Waals surface area contributed by atoms with Gasteiger partial charge in [-0.2, -0.15) is 0 Å². The standard InChI is InChI=1S/C17H19ClN4O4S/c1-22(11-17(24)21-15-5-3-2-4-14(15)18)10-16(23)20-12-6-8-13(9-7-12)27(19,25)26/h2-9H,10-11H2,1H3,(H,20,23)(H,21,24)(H2,19,25,26). The number of para-hydroxylation sites is 1. The van der Waals surface area contributed by atoms with Crippen LogP contribution in [0.3, 0.4) is 0 Å². The lowest BCUT2D eigenvalue weighted by Crippen LogP contribution is -2.36. The molecule has 27 heavy (non-hydrogen) atoms. The minimum atomic E-state index is -3.78. The summed E-state index contributed by atoms with van der Waals surface area (Å²) in [7, 11) is -2.16. The van der Waals surface area contributed by atoms with E-state index in [-0.39, 0.29) is 29.8 Å². The van der Waals surface area contributed by atoms with Crippen LogP contribution in [0.5, 0.6) is 0 Å². The molecule has 0 saturated carbocycles. The smallest absolute Gasteiger partial charge is 0.238 e. The molecular weight excluding hydrogens is 392 g/mol. The molecule has 2 amide bonds. The number of likely N-dealkylation sites (N-methyl/N-ethyl adjacent to an activating group) is 1. The van der Waals surface area contributed by atoms with Gasteiger partial charge in [-0.05, 0) is 43.4 Å². The molecule has 0 atom stereocenters. The van der Waals surface area contributed by atoms with E-state index in [0.29, 0.717) is 16.4 Å². The molecule has 2 aromatic carbocycles. The van der Waals surface area contributed by atoms with Crippen molar-refractivity contribution in [2.75, 3.05) is 30.8 Å². The van der Waals surface area contributed by atoms with Crippen molar-refractivity contribution >= 4 is 44.8 Å². The van der Waals surface area contributed by atoms with E-state index < -0.39 is 10.0 Å². The van der Waals surface area contributed by atoms with Crippen molar-refractivity contribution in [1.82, 2.24) is 4.90 Å². The van der Waals surface area contributed by atoms with E-state index in [0.717, 1.165) is 0 Å². The number of nitrogens with zero attached hydrogens (tertiary/aromatic N) is 1. The molecule has 2 rings (SSSR count). The fraction of sp³-hybridized carbons (Fsp3) is 0.176. The number of nitrogens with one attached hydrogen (secondary N) is 2. The zero-order chi connectivity index (χ0) is 20.0. The van der Waals surface area contributed by atoms with Crippen LogP contribution in [0.15, 0.2) is 53.4 Å². The lowest BCUT2D eigenvalue weighted by atomic mass is 10.3. The number of hydrogen-bond acceptors (Lipinski definition) is 5. The zero-order valence-corrected chi connectivity index (χ0v) is 16.0. The van der Waals surface area contributed by atoms with Gasteiger partial charge in [0.2, 0.25) is 21.8 Å². The molecular formula is C17H19ClN4O4S. The molecule has 0 aromatic heterocycles. The molecule has 0 fully saturated rings. The molecule has 0 heterocycles. The third-order valence-electron chi connectivity index (χ3n) is 3.44. The SMILES string of the molecule is CN(CC(=O)Nc1ccc(S(N)(=O)=O)cc1)CC(=O)Nc1ccccc1Cl. The number of anilines is 2. The minimum Gasteiger partial charge on any atom is -0.325 e. The molecule has 0 aliphatic heterocycles. The number of rotatable bonds is 7. The second kappa shape index (κ2) is 8.96. The van der Waals surface area contributed by atoms with Crippen LogP contribution in [0.25, 0.3) is 0 Å². The van der Waals surface area contributed by atoms with E-state index in [9.17, 15) is 18.0 Å². The Hall–Kier alpha value is -2.46. The molecule has 4 N–H and O–H groups in total. The maximum atomic E-state index is 12.1. The molecule has 0 spiro atoms. The highest BCUT2D eigenvalue weighted by molar-refractivity contribution is 7.89. The summed E-state index contributed by atoms with van der Waals surface area (Å²) in [5.74, 6) is -0.665. The van der Waals surface area contributed by atoms with E-state index in [4.69, 9.17) is 16.7 Å². The molecule has 0 aliphatic carbocycles. The maximum Gasteiger partial charge on any atom is 0.238 e. The first-order chi connectivity index (χ1) is 12.6. The zero-order valence-electron chi connectivity index (χ0n) is 14.5. The highest BCUT2D eigenvalue weighted by Gasteiger charge is 2.13. The predicted octanol–water partition coefficient (Wildman–Crippen LogP) is 1.50. The number of benzene rings is 2. The number of sulfonamides is 1. The quantitative estimate of drug-likeness (QED) is 0.638. The molecule has 2 aromatic rings. The highest BCUT2D eigenvalue weighted by Crippen LogP contribution is 2.20. The van der Waals surface area contributed by atoms with Crippen LogP contribution < -0.4 is 15.8 Å². The highest BCUT2D eigenvalue weighted by atomic mass is 35.5. The molecule has 144 valence electrons. The molecule has 8 nitrogen and oxygen atoms in total. The normalized spacial score (nSPS) is 11.3. The summed E-state index contributed by atoms with van der Waals surface area (Å²) in [4.78, 5) is 25.6. The van der Waals surface area contributed by atoms with E-state index in [1.54, 1.807) is 31.3 Å². The van der Waals surface area contributed by atoms with Gasteiger partial charge in [-0.25, -0.2) is 13.6 Å². The van der Waals surface area contributed by atoms with Crippen LogP contribution >= 0.6 is 11.6 Å². The number of carbonyl (C=O) groups excluding carboxylic acids is 2. The second-order valence-electron chi connectivity index (χ2n) is 5.82. The predicted molar refractivity (Wildman–Crippen MR) is 104 cm³/mol. The summed E-state index contributed by atoms with van der Waals surface area (Å²) in [5, 5.41) is 10.7. The Balaban J connectivity index is 1.84. The minimum absolute atomic E-state index is 0.0109. The second-order valence-corrected chi connectivity index (χ2v) is 7.79. The number of carbonyl (C=O) groups is 2. The van der Waals surface area contributed by atoms with Gasteiger partial charge in [0.15, 0.2) is 0 Å². The van der Waals surface area contributed by atoms with E-state index in [2.05, 4.69) is 10.6 Å². The van der Waals surface area contributed by atoms with Crippen molar-refractivity contribution in [1.29, 1.82) is 0 Å². The van der Waals surface area contributed by atoms with Crippen LogP contribution in [0.4, 0.5) is 11.4 Å². The largest absolute Gasteiger partial charge is 0.325 e. The maximum absolute atomic E-state index is 12.1. The lowest BCUT2D eigenvalue weighted by Gasteiger charge is -2.16. The van der Waals surface area contributed by atoms with Crippen molar-refractivity contribution in [2.24, 2.45) is 5.14 Å². The van der Waals surface area contributed by atoms with Gasteiger partial charge in [0, 0.05) is 5.69 Å². The summed E-state index contributed by atoms with van der Waals surface area (Å²) in [5.41, 5.74) is 0.915. The average Bonchev–Trinajstić information content (AvgIpc) is 2.56. The fourth-order valence-corrected chi connectivity index (χ4v) is 2.93. The van der Waals surface area contributed by atoms with Gasteiger partial charge in [-0.15, -0.1) is 0 Å². The first kappa shape index (κ1) is 20.8. The summed E-state index contributed by atoms with van der Waals surface area (Å²) in [6.07, 6.45) is 0. The van der Waals surface area contributed by atoms with Gasteiger partial charge in [-0.1, -0.05) is 23.7 Å². The van der Waals surface area contributed by atoms with Gasteiger partial charge >= 0.3 is 0 Å². The molecule has 0 aliphatic rings. The first-order valence-electron chi connectivity index (χ1n) is 7.81. The van der Waals surface area contributed by atoms with Gasteiger partial charge in [0.05, 0.1) is 28.7 Å². The average molecular weight is 411 g/mol. The summed E-state index contributed by atoms with van der Waals surface area (Å²) < 4.78 is 22.4. The van der Waals surface area contributed by atoms with E-state index >= 15 is 0 Å². The van der Waals surface area contributed by atoms with Crippen molar-refractivity contribution < 1.29 is 18.0 Å². The van der Waals surface area contributed by atoms with Crippen LogP contribution in [-0.4, -0.2) is 45.3 Å². The van der Waals surface area contributed by atoms with E-state index in [1.807, 2.05) is 0 Å². The summed E-state index contributed by atoms with van der Waals surface area (Å²) in [6, 6.07) is 12.3. The van der Waals surface area contributed by atoms with Crippen molar-refractivity contribution in [2.45, 2.75) is 4.90 Å². The topological polar surface area (TPSA) is 122 Å². The van der Waals surface area contributed by atoms with Gasteiger partial charge in [0.25, 0.3) is 0 Å².